The van der Waals surface area contributed by atoms with Crippen molar-refractivity contribution in [2.45, 2.75) is 0 Å². The molecular formula is C3H5HfN. The molecule has 0 saturated heterocycles. The van der Waals surface area contributed by atoms with E-state index >= 15 is 0 Å². The third-order valence-corrected chi connectivity index (χ3v) is 0.800. The van der Waals surface area contributed by atoms with Gasteiger partial charge in [-0.3, -0.25) is 0 Å². The molecule has 0 heterocycles. The Balaban J connectivity index is 2.40. The van der Waals surface area contributed by atoms with Crippen LogP contribution in [0.15, 0.2) is 12.7 Å². The molecule has 0 bridgehead atoms. The predicted molar refractivity (Wildman–Crippen MR) is 17.6 cm³/mol. The molecule has 0 aromatic rings. The Bertz CT molecular complexity index is 28.1. The molecule has 0 aromatic carbocycles. The van der Waals surface area contributed by atoms with Crippen LogP contribution >= 0.6 is 0 Å². The van der Waals surface area contributed by atoms with Gasteiger partial charge in [0.05, 0.1) is 0 Å². The summed E-state index contributed by atoms with van der Waals surface area (Å²) in [6.07, 6.45) is 1.73. The summed E-state index contributed by atoms with van der Waals surface area (Å²) in [6, 6.07) is 0. The minimum absolute atomic E-state index is 1.02. The second-order valence-electron chi connectivity index (χ2n) is 0.547. The molecule has 0 aliphatic rings. The van der Waals surface area contributed by atoms with Gasteiger partial charge >= 0.3 is 47.2 Å². The van der Waals surface area contributed by atoms with Crippen molar-refractivity contribution in [1.82, 2.24) is 3.30 Å². The fourth-order valence-electron chi connectivity index (χ4n) is 0.0589. The average Bonchev–Trinajstić information content (AvgIpc) is 1.41. The fourth-order valence-corrected chi connectivity index (χ4v) is 0.482. The fraction of sp³-hybridized carbons (Fsp3) is 0. The van der Waals surface area contributed by atoms with Gasteiger partial charge in [0.25, 0.3) is 0 Å². The first-order valence-corrected chi connectivity index (χ1v) is 3.08. The predicted octanol–water partition coefficient (Wildman–Crippen LogP) is 0.386. The number of hydrogen-bond acceptors (Lipinski definition) is 1. The summed E-state index contributed by atoms with van der Waals surface area (Å²) >= 11 is 1.02. The Kier molecular flexibility index (Phi) is 5.09. The zero-order chi connectivity index (χ0) is 4.12. The summed E-state index contributed by atoms with van der Waals surface area (Å²) in [4.78, 5) is 0. The molecule has 0 aliphatic carbocycles. The second-order valence-corrected chi connectivity index (χ2v) is 1.58. The van der Waals surface area contributed by atoms with E-state index in [2.05, 4.69) is 9.88 Å². The van der Waals surface area contributed by atoms with Crippen molar-refractivity contribution in [1.29, 1.82) is 0 Å². The van der Waals surface area contributed by atoms with Gasteiger partial charge in [-0.05, 0) is 0 Å². The van der Waals surface area contributed by atoms with Crippen LogP contribution in [0.4, 0.5) is 0 Å². The van der Waals surface area contributed by atoms with E-state index in [1.54, 1.807) is 6.08 Å². The summed E-state index contributed by atoms with van der Waals surface area (Å²) in [7, 11) is 0. The zero-order valence-corrected chi connectivity index (χ0v) is 6.45. The van der Waals surface area contributed by atoms with E-state index in [1.165, 1.54) is 0 Å². The molecule has 5 heavy (non-hydrogen) atoms. The summed E-state index contributed by atoms with van der Waals surface area (Å²) < 4.78 is 2.91. The summed E-state index contributed by atoms with van der Waals surface area (Å²) in [6.45, 7) is 5.28. The Morgan fingerprint density at radius 1 is 1.80 bits per heavy atom. The molecule has 0 atom stereocenters. The van der Waals surface area contributed by atoms with E-state index in [0.717, 1.165) is 24.7 Å². The van der Waals surface area contributed by atoms with E-state index in [4.69, 9.17) is 0 Å². The molecule has 0 saturated carbocycles. The van der Waals surface area contributed by atoms with Crippen molar-refractivity contribution in [3.05, 3.63) is 19.2 Å². The molecule has 2 heteroatoms. The summed E-state index contributed by atoms with van der Waals surface area (Å²) in [5.41, 5.74) is 0. The maximum atomic E-state index is 3.45. The molecular weight excluding hydrogens is 229 g/mol. The summed E-state index contributed by atoms with van der Waals surface area (Å²) in [5, 5.41) is 0. The van der Waals surface area contributed by atoms with Crippen molar-refractivity contribution >= 4 is 0 Å². The number of rotatable bonds is 2. The molecule has 1 N–H and O–H groups in total. The first-order valence-electron chi connectivity index (χ1n) is 1.28. The van der Waals surface area contributed by atoms with Crippen LogP contribution in [0, 0.1) is 6.54 Å². The van der Waals surface area contributed by atoms with E-state index in [9.17, 15) is 0 Å². The van der Waals surface area contributed by atoms with Gasteiger partial charge in [-0.15, -0.1) is 0 Å². The van der Waals surface area contributed by atoms with Gasteiger partial charge in [0.2, 0.25) is 0 Å². The van der Waals surface area contributed by atoms with Crippen LogP contribution in [0.2, 0.25) is 0 Å². The van der Waals surface area contributed by atoms with Crippen LogP contribution in [0.3, 0.4) is 0 Å². The van der Waals surface area contributed by atoms with E-state index < -0.39 is 0 Å². The van der Waals surface area contributed by atoms with Gasteiger partial charge in [0, 0.05) is 0 Å². The molecule has 0 aromatic heterocycles. The SMILES string of the molecule is C=C[CH][NH][Hf]. The van der Waals surface area contributed by atoms with Crippen LogP contribution in [-0.4, -0.2) is 0 Å². The first kappa shape index (κ1) is 5.57. The molecule has 0 fully saturated rings. The first-order chi connectivity index (χ1) is 2.41. The zero-order valence-electron chi connectivity index (χ0n) is 2.86. The van der Waals surface area contributed by atoms with Gasteiger partial charge in [0.15, 0.2) is 0 Å². The van der Waals surface area contributed by atoms with Crippen molar-refractivity contribution in [3.63, 3.8) is 0 Å². The van der Waals surface area contributed by atoms with Gasteiger partial charge < -0.3 is 0 Å². The van der Waals surface area contributed by atoms with Crippen LogP contribution in [0.25, 0.3) is 0 Å². The van der Waals surface area contributed by atoms with Crippen LogP contribution < -0.4 is 3.30 Å². The number of nitrogens with one attached hydrogen (secondary N) is 1. The molecule has 26 valence electrons. The van der Waals surface area contributed by atoms with Gasteiger partial charge in [0.1, 0.15) is 0 Å². The number of hydrogen-bond donors (Lipinski definition) is 1. The van der Waals surface area contributed by atoms with Crippen molar-refractivity contribution < 1.29 is 24.7 Å². The molecule has 0 aliphatic heterocycles. The second kappa shape index (κ2) is 4.57. The minimum atomic E-state index is 1.02. The normalized spacial score (nSPS) is 7.00. The van der Waals surface area contributed by atoms with Crippen molar-refractivity contribution in [2.24, 2.45) is 0 Å². The molecule has 1 radical (unpaired) electrons. The quantitative estimate of drug-likeness (QED) is 0.681. The van der Waals surface area contributed by atoms with Crippen molar-refractivity contribution in [2.75, 3.05) is 0 Å². The Labute approximate surface area is 47.4 Å². The Morgan fingerprint density at radius 2 is 2.40 bits per heavy atom. The van der Waals surface area contributed by atoms with Gasteiger partial charge in [-0.25, -0.2) is 0 Å². The Morgan fingerprint density at radius 3 is 2.40 bits per heavy atom. The van der Waals surface area contributed by atoms with E-state index in [0.29, 0.717) is 0 Å². The third kappa shape index (κ3) is 4.57. The van der Waals surface area contributed by atoms with Gasteiger partial charge in [-0.1, -0.05) is 0 Å². The molecule has 0 unspecified atom stereocenters. The maximum absolute atomic E-state index is 3.45. The molecule has 0 rings (SSSR count). The average molecular weight is 234 g/mol. The van der Waals surface area contributed by atoms with Crippen LogP contribution in [-0.2, 0) is 24.7 Å². The monoisotopic (exact) mass is 235 g/mol. The molecule has 0 amide bonds. The summed E-state index contributed by atoms with van der Waals surface area (Å²) in [5.74, 6) is 0. The third-order valence-electron chi connectivity index (χ3n) is 0.201. The van der Waals surface area contributed by atoms with E-state index in [1.807, 2.05) is 6.54 Å². The van der Waals surface area contributed by atoms with Crippen LogP contribution in [0.5, 0.6) is 0 Å². The Hall–Kier alpha value is 0.570. The van der Waals surface area contributed by atoms with Gasteiger partial charge in [-0.2, -0.15) is 0 Å². The topological polar surface area (TPSA) is 12.0 Å². The standard InChI is InChI=1S/C3H5N.Hf/c1-2-3-4;/h2-4H,1H2;/q-1;+1. The molecule has 0 spiro atoms. The van der Waals surface area contributed by atoms with Crippen LogP contribution in [0.1, 0.15) is 0 Å². The van der Waals surface area contributed by atoms with E-state index in [-0.39, 0.29) is 0 Å². The molecule has 1 nitrogen and oxygen atoms in total. The van der Waals surface area contributed by atoms with Crippen molar-refractivity contribution in [3.8, 4) is 0 Å².